The van der Waals surface area contributed by atoms with Gasteiger partial charge in [-0.1, -0.05) is 6.07 Å². The summed E-state index contributed by atoms with van der Waals surface area (Å²) in [5.41, 5.74) is 2.46. The number of nitrogens with zero attached hydrogens (tertiary/aromatic N) is 2. The minimum absolute atomic E-state index is 0.0251. The number of pyridine rings is 1. The highest BCUT2D eigenvalue weighted by Gasteiger charge is 2.26. The Bertz CT molecular complexity index is 851. The standard InChI is InChI=1S/C17H19N3O3S/c1-20-16-8-7-15(11-13(16)12-17(20)21)24(22,23)19-10-4-6-14-5-2-3-9-18-14/h2-3,5,7-9,11,19H,4,6,10,12H2,1H3. The van der Waals surface area contributed by atoms with Crippen LogP contribution < -0.4 is 9.62 Å². The molecular weight excluding hydrogens is 326 g/mol. The van der Waals surface area contributed by atoms with Crippen LogP contribution in [0.2, 0.25) is 0 Å². The molecule has 1 aromatic heterocycles. The van der Waals surface area contributed by atoms with Crippen LogP contribution in [-0.2, 0) is 27.7 Å². The number of fused-ring (bicyclic) bond motifs is 1. The molecule has 0 fully saturated rings. The summed E-state index contributed by atoms with van der Waals surface area (Å²) in [6.45, 7) is 0.342. The number of benzene rings is 1. The molecule has 6 nitrogen and oxygen atoms in total. The lowest BCUT2D eigenvalue weighted by molar-refractivity contribution is -0.117. The third-order valence-electron chi connectivity index (χ3n) is 4.07. The first-order chi connectivity index (χ1) is 11.5. The summed E-state index contributed by atoms with van der Waals surface area (Å²) in [7, 11) is -1.88. The summed E-state index contributed by atoms with van der Waals surface area (Å²) < 4.78 is 27.4. The zero-order chi connectivity index (χ0) is 17.2. The summed E-state index contributed by atoms with van der Waals surface area (Å²) in [5.74, 6) is -0.0251. The first kappa shape index (κ1) is 16.6. The minimum Gasteiger partial charge on any atom is -0.315 e. The van der Waals surface area contributed by atoms with Crippen molar-refractivity contribution in [2.75, 3.05) is 18.5 Å². The summed E-state index contributed by atoms with van der Waals surface area (Å²) >= 11 is 0. The van der Waals surface area contributed by atoms with Crippen molar-refractivity contribution in [2.45, 2.75) is 24.2 Å². The monoisotopic (exact) mass is 345 g/mol. The average Bonchev–Trinajstić information content (AvgIpc) is 2.87. The molecule has 0 bridgehead atoms. The Morgan fingerprint density at radius 3 is 2.83 bits per heavy atom. The number of sulfonamides is 1. The lowest BCUT2D eigenvalue weighted by atomic mass is 10.2. The Kier molecular flexibility index (Phi) is 4.64. The molecule has 1 aromatic carbocycles. The van der Waals surface area contributed by atoms with Gasteiger partial charge in [-0.3, -0.25) is 9.78 Å². The molecule has 1 aliphatic rings. The van der Waals surface area contributed by atoms with E-state index >= 15 is 0 Å². The normalized spacial score (nSPS) is 14.0. The van der Waals surface area contributed by atoms with Crippen LogP contribution in [-0.4, -0.2) is 32.9 Å². The molecular formula is C17H19N3O3S. The van der Waals surface area contributed by atoms with Gasteiger partial charge < -0.3 is 4.90 Å². The van der Waals surface area contributed by atoms with Gasteiger partial charge in [-0.05, 0) is 48.7 Å². The maximum absolute atomic E-state index is 12.4. The second kappa shape index (κ2) is 6.70. The molecule has 7 heteroatoms. The Labute approximate surface area is 141 Å². The van der Waals surface area contributed by atoms with Crippen molar-refractivity contribution in [3.8, 4) is 0 Å². The van der Waals surface area contributed by atoms with E-state index in [0.717, 1.165) is 16.9 Å². The van der Waals surface area contributed by atoms with Gasteiger partial charge in [0.15, 0.2) is 0 Å². The SMILES string of the molecule is CN1C(=O)Cc2cc(S(=O)(=O)NCCCc3ccccn3)ccc21. The van der Waals surface area contributed by atoms with Gasteiger partial charge in [-0.15, -0.1) is 0 Å². The molecule has 0 atom stereocenters. The van der Waals surface area contributed by atoms with Crippen LogP contribution in [0.15, 0.2) is 47.5 Å². The van der Waals surface area contributed by atoms with Gasteiger partial charge in [0.25, 0.3) is 0 Å². The lowest BCUT2D eigenvalue weighted by Gasteiger charge is -2.11. The minimum atomic E-state index is -3.57. The quantitative estimate of drug-likeness (QED) is 0.805. The summed E-state index contributed by atoms with van der Waals surface area (Å²) in [6.07, 6.45) is 3.35. The highest BCUT2D eigenvalue weighted by Crippen LogP contribution is 2.29. The Morgan fingerprint density at radius 1 is 1.25 bits per heavy atom. The van der Waals surface area contributed by atoms with Crippen molar-refractivity contribution < 1.29 is 13.2 Å². The van der Waals surface area contributed by atoms with Crippen LogP contribution in [0.25, 0.3) is 0 Å². The van der Waals surface area contributed by atoms with Crippen LogP contribution in [0, 0.1) is 0 Å². The third kappa shape index (κ3) is 3.47. The fourth-order valence-corrected chi connectivity index (χ4v) is 3.84. The second-order valence-electron chi connectivity index (χ2n) is 5.74. The second-order valence-corrected chi connectivity index (χ2v) is 7.51. The zero-order valence-corrected chi connectivity index (χ0v) is 14.2. The van der Waals surface area contributed by atoms with Crippen molar-refractivity contribution in [2.24, 2.45) is 0 Å². The highest BCUT2D eigenvalue weighted by atomic mass is 32.2. The number of hydrogen-bond acceptors (Lipinski definition) is 4. The van der Waals surface area contributed by atoms with Crippen LogP contribution >= 0.6 is 0 Å². The molecule has 0 radical (unpaired) electrons. The van der Waals surface area contributed by atoms with E-state index in [0.29, 0.717) is 19.4 Å². The number of nitrogens with one attached hydrogen (secondary N) is 1. The number of carbonyl (C=O) groups excluding carboxylic acids is 1. The number of anilines is 1. The molecule has 2 aromatic rings. The van der Waals surface area contributed by atoms with Crippen molar-refractivity contribution in [3.05, 3.63) is 53.9 Å². The van der Waals surface area contributed by atoms with E-state index < -0.39 is 10.0 Å². The molecule has 126 valence electrons. The number of carbonyl (C=O) groups is 1. The molecule has 0 spiro atoms. The number of aryl methyl sites for hydroxylation is 1. The predicted molar refractivity (Wildman–Crippen MR) is 91.3 cm³/mol. The van der Waals surface area contributed by atoms with Crippen LogP contribution in [0.5, 0.6) is 0 Å². The maximum Gasteiger partial charge on any atom is 0.240 e. The molecule has 3 rings (SSSR count). The van der Waals surface area contributed by atoms with E-state index in [2.05, 4.69) is 9.71 Å². The highest BCUT2D eigenvalue weighted by molar-refractivity contribution is 7.89. The average molecular weight is 345 g/mol. The van der Waals surface area contributed by atoms with Gasteiger partial charge in [-0.2, -0.15) is 0 Å². The van der Waals surface area contributed by atoms with Crippen LogP contribution in [0.1, 0.15) is 17.7 Å². The fraction of sp³-hybridized carbons (Fsp3) is 0.294. The Hall–Kier alpha value is -2.25. The van der Waals surface area contributed by atoms with Gasteiger partial charge in [0.05, 0.1) is 11.3 Å². The van der Waals surface area contributed by atoms with Crippen molar-refractivity contribution in [3.63, 3.8) is 0 Å². The topological polar surface area (TPSA) is 79.4 Å². The van der Waals surface area contributed by atoms with E-state index in [4.69, 9.17) is 0 Å². The van der Waals surface area contributed by atoms with Gasteiger partial charge in [0.2, 0.25) is 15.9 Å². The van der Waals surface area contributed by atoms with Crippen molar-refractivity contribution in [1.82, 2.24) is 9.71 Å². The Balaban J connectivity index is 1.62. The van der Waals surface area contributed by atoms with Crippen molar-refractivity contribution >= 4 is 21.6 Å². The van der Waals surface area contributed by atoms with E-state index in [9.17, 15) is 13.2 Å². The largest absolute Gasteiger partial charge is 0.315 e. The predicted octanol–water partition coefficient (Wildman–Crippen LogP) is 1.51. The van der Waals surface area contributed by atoms with Gasteiger partial charge in [-0.25, -0.2) is 13.1 Å². The number of likely N-dealkylation sites (N-methyl/N-ethyl adjacent to an activating group) is 1. The van der Waals surface area contributed by atoms with Crippen LogP contribution in [0.4, 0.5) is 5.69 Å². The number of aromatic nitrogens is 1. The molecule has 1 amide bonds. The first-order valence-corrected chi connectivity index (χ1v) is 9.25. The number of hydrogen-bond donors (Lipinski definition) is 1. The molecule has 1 aliphatic heterocycles. The van der Waals surface area contributed by atoms with E-state index in [1.165, 1.54) is 6.07 Å². The third-order valence-corrected chi connectivity index (χ3v) is 5.53. The van der Waals surface area contributed by atoms with Gasteiger partial charge in [0, 0.05) is 31.2 Å². The molecule has 0 saturated heterocycles. The summed E-state index contributed by atoms with van der Waals surface area (Å²) in [5, 5.41) is 0. The number of rotatable bonds is 6. The molecule has 0 saturated carbocycles. The maximum atomic E-state index is 12.4. The summed E-state index contributed by atoms with van der Waals surface area (Å²) in [6, 6.07) is 10.5. The van der Waals surface area contributed by atoms with E-state index in [-0.39, 0.29) is 17.2 Å². The van der Waals surface area contributed by atoms with E-state index in [1.807, 2.05) is 18.2 Å². The molecule has 1 N–H and O–H groups in total. The zero-order valence-electron chi connectivity index (χ0n) is 13.4. The molecule has 0 unspecified atom stereocenters. The van der Waals surface area contributed by atoms with Gasteiger partial charge in [0.1, 0.15) is 0 Å². The van der Waals surface area contributed by atoms with E-state index in [1.54, 1.807) is 30.3 Å². The van der Waals surface area contributed by atoms with Gasteiger partial charge >= 0.3 is 0 Å². The fourth-order valence-electron chi connectivity index (χ4n) is 2.72. The van der Waals surface area contributed by atoms with Crippen LogP contribution in [0.3, 0.4) is 0 Å². The lowest BCUT2D eigenvalue weighted by Crippen LogP contribution is -2.25. The smallest absolute Gasteiger partial charge is 0.240 e. The first-order valence-electron chi connectivity index (χ1n) is 7.76. The summed E-state index contributed by atoms with van der Waals surface area (Å²) in [4.78, 5) is 17.6. The molecule has 0 aliphatic carbocycles. The number of amides is 1. The Morgan fingerprint density at radius 2 is 2.08 bits per heavy atom. The molecule has 24 heavy (non-hydrogen) atoms. The molecule has 2 heterocycles. The van der Waals surface area contributed by atoms with Crippen molar-refractivity contribution in [1.29, 1.82) is 0 Å².